The van der Waals surface area contributed by atoms with Gasteiger partial charge in [-0.05, 0) is 56.7 Å². The van der Waals surface area contributed by atoms with E-state index in [1.165, 1.54) is 10.9 Å². The quantitative estimate of drug-likeness (QED) is 0.681. The Bertz CT molecular complexity index is 702. The number of nitrogens with one attached hydrogen (secondary N) is 1. The molecule has 1 amide bonds. The smallest absolute Gasteiger partial charge is 0.331 e. The number of aryl methyl sites for hydroxylation is 1. The lowest BCUT2D eigenvalue weighted by Crippen LogP contribution is -2.33. The minimum atomic E-state index is -1.14. The van der Waals surface area contributed by atoms with E-state index in [-0.39, 0.29) is 0 Å². The summed E-state index contributed by atoms with van der Waals surface area (Å²) in [5.74, 6) is -1.60. The number of amides is 1. The van der Waals surface area contributed by atoms with Crippen molar-refractivity contribution in [1.82, 2.24) is 15.1 Å². The molecule has 6 nitrogen and oxygen atoms in total. The average Bonchev–Trinajstić information content (AvgIpc) is 2.84. The number of benzene rings is 1. The predicted molar refractivity (Wildman–Crippen MR) is 87.9 cm³/mol. The van der Waals surface area contributed by atoms with Gasteiger partial charge in [-0.2, -0.15) is 5.10 Å². The molecular weight excluding hydrogens is 453 g/mol. The molecule has 0 spiro atoms. The number of aliphatic carboxylic acids is 1. The Morgan fingerprint density at radius 3 is 2.76 bits per heavy atom. The number of nitrogens with zero attached hydrogens (tertiary/aromatic N) is 2. The fourth-order valence-corrected chi connectivity index (χ4v) is 2.68. The second-order valence-electron chi connectivity index (χ2n) is 4.32. The van der Waals surface area contributed by atoms with Crippen molar-refractivity contribution in [2.45, 2.75) is 6.04 Å². The Kier molecular flexibility index (Phi) is 4.99. The number of hydrogen-bond acceptors (Lipinski definition) is 3. The summed E-state index contributed by atoms with van der Waals surface area (Å²) < 4.78 is 2.98. The summed E-state index contributed by atoms with van der Waals surface area (Å²) in [6.45, 7) is 0. The van der Waals surface area contributed by atoms with Gasteiger partial charge in [0.05, 0.1) is 11.8 Å². The summed E-state index contributed by atoms with van der Waals surface area (Å²) in [6, 6.07) is 4.13. The number of carboxylic acid groups (broad SMARTS) is 1. The van der Waals surface area contributed by atoms with Crippen LogP contribution in [0.2, 0.25) is 0 Å². The monoisotopic (exact) mass is 463 g/mol. The van der Waals surface area contributed by atoms with Gasteiger partial charge in [-0.25, -0.2) is 4.79 Å². The van der Waals surface area contributed by atoms with Crippen LogP contribution < -0.4 is 5.32 Å². The number of carbonyl (C=O) groups is 2. The number of carboxylic acids is 1. The molecule has 0 aliphatic rings. The molecule has 110 valence electrons. The summed E-state index contributed by atoms with van der Waals surface area (Å²) in [5, 5.41) is 15.7. The first kappa shape index (κ1) is 16.0. The van der Waals surface area contributed by atoms with Gasteiger partial charge in [0.25, 0.3) is 5.91 Å². The first-order valence-electron chi connectivity index (χ1n) is 5.85. The predicted octanol–water partition coefficient (Wildman–Crippen LogP) is 2.34. The van der Waals surface area contributed by atoms with E-state index in [0.29, 0.717) is 15.6 Å². The van der Waals surface area contributed by atoms with Crippen LogP contribution in [0, 0.1) is 3.57 Å². The van der Waals surface area contributed by atoms with Gasteiger partial charge in [-0.1, -0.05) is 0 Å². The minimum Gasteiger partial charge on any atom is -0.479 e. The van der Waals surface area contributed by atoms with Crippen LogP contribution in [-0.4, -0.2) is 26.8 Å². The summed E-state index contributed by atoms with van der Waals surface area (Å²) in [7, 11) is 1.68. The Morgan fingerprint density at radius 2 is 2.19 bits per heavy atom. The molecule has 0 aliphatic carbocycles. The lowest BCUT2D eigenvalue weighted by atomic mass is 10.1. The van der Waals surface area contributed by atoms with Crippen LogP contribution >= 0.6 is 38.5 Å². The van der Waals surface area contributed by atoms with Gasteiger partial charge >= 0.3 is 5.97 Å². The summed E-state index contributed by atoms with van der Waals surface area (Å²) in [5.41, 5.74) is 0.803. The van der Waals surface area contributed by atoms with Crippen molar-refractivity contribution in [3.8, 4) is 0 Å². The second-order valence-corrected chi connectivity index (χ2v) is 6.42. The van der Waals surface area contributed by atoms with E-state index in [4.69, 9.17) is 0 Å². The molecule has 2 rings (SSSR count). The maximum absolute atomic E-state index is 12.3. The molecule has 0 fully saturated rings. The normalized spacial score (nSPS) is 12.0. The van der Waals surface area contributed by atoms with E-state index >= 15 is 0 Å². The molecular formula is C13H11BrIN3O3. The Morgan fingerprint density at radius 1 is 1.48 bits per heavy atom. The molecule has 0 saturated carbocycles. The lowest BCUT2D eigenvalue weighted by Gasteiger charge is -2.13. The van der Waals surface area contributed by atoms with E-state index in [1.54, 1.807) is 25.4 Å². The third-order valence-corrected chi connectivity index (χ3v) is 4.12. The zero-order valence-corrected chi connectivity index (χ0v) is 14.6. The van der Waals surface area contributed by atoms with Crippen LogP contribution in [0.5, 0.6) is 0 Å². The number of hydrogen-bond donors (Lipinski definition) is 2. The van der Waals surface area contributed by atoms with Crippen LogP contribution in [0.1, 0.15) is 22.0 Å². The molecule has 2 N–H and O–H groups in total. The third kappa shape index (κ3) is 3.82. The summed E-state index contributed by atoms with van der Waals surface area (Å²) in [6.07, 6.45) is 2.98. The molecule has 0 radical (unpaired) electrons. The topological polar surface area (TPSA) is 84.2 Å². The van der Waals surface area contributed by atoms with Crippen LogP contribution in [0.3, 0.4) is 0 Å². The van der Waals surface area contributed by atoms with Gasteiger partial charge in [0.15, 0.2) is 6.04 Å². The van der Waals surface area contributed by atoms with Crippen LogP contribution in [0.25, 0.3) is 0 Å². The van der Waals surface area contributed by atoms with Crippen molar-refractivity contribution in [1.29, 1.82) is 0 Å². The largest absolute Gasteiger partial charge is 0.479 e. The van der Waals surface area contributed by atoms with Crippen molar-refractivity contribution in [3.63, 3.8) is 0 Å². The van der Waals surface area contributed by atoms with Gasteiger partial charge in [0, 0.05) is 26.9 Å². The fraction of sp³-hybridized carbons (Fsp3) is 0.154. The van der Waals surface area contributed by atoms with Gasteiger partial charge in [-0.3, -0.25) is 9.48 Å². The molecule has 8 heteroatoms. The molecule has 0 bridgehead atoms. The number of carbonyl (C=O) groups excluding carboxylic acids is 1. The Balaban J connectivity index is 2.27. The third-order valence-electron chi connectivity index (χ3n) is 2.75. The molecule has 2 aromatic rings. The number of aromatic nitrogens is 2. The second kappa shape index (κ2) is 6.56. The van der Waals surface area contributed by atoms with Crippen molar-refractivity contribution < 1.29 is 14.7 Å². The fourth-order valence-electron chi connectivity index (χ4n) is 1.76. The van der Waals surface area contributed by atoms with E-state index in [9.17, 15) is 14.7 Å². The first-order chi connectivity index (χ1) is 9.88. The van der Waals surface area contributed by atoms with Crippen LogP contribution in [0.15, 0.2) is 35.1 Å². The maximum atomic E-state index is 12.3. The molecule has 1 atom stereocenters. The zero-order valence-electron chi connectivity index (χ0n) is 10.9. The van der Waals surface area contributed by atoms with Crippen LogP contribution in [0.4, 0.5) is 0 Å². The van der Waals surface area contributed by atoms with Gasteiger partial charge < -0.3 is 10.4 Å². The van der Waals surface area contributed by atoms with E-state index < -0.39 is 17.9 Å². The van der Waals surface area contributed by atoms with E-state index in [1.807, 2.05) is 6.07 Å². The molecule has 0 aliphatic heterocycles. The van der Waals surface area contributed by atoms with Crippen molar-refractivity contribution in [3.05, 3.63) is 49.8 Å². The van der Waals surface area contributed by atoms with Gasteiger partial charge in [-0.15, -0.1) is 0 Å². The molecule has 21 heavy (non-hydrogen) atoms. The highest BCUT2D eigenvalue weighted by molar-refractivity contribution is 14.1. The van der Waals surface area contributed by atoms with E-state index in [0.717, 1.165) is 3.57 Å². The Hall–Kier alpha value is -1.42. The van der Waals surface area contributed by atoms with E-state index in [2.05, 4.69) is 48.9 Å². The number of halogens is 2. The molecule has 0 saturated heterocycles. The Labute approximate surface area is 142 Å². The zero-order chi connectivity index (χ0) is 15.6. The molecule has 1 heterocycles. The molecule has 1 unspecified atom stereocenters. The van der Waals surface area contributed by atoms with Gasteiger partial charge in [0.2, 0.25) is 0 Å². The maximum Gasteiger partial charge on any atom is 0.331 e. The lowest BCUT2D eigenvalue weighted by molar-refractivity contribution is -0.139. The minimum absolute atomic E-state index is 0.386. The first-order valence-corrected chi connectivity index (χ1v) is 7.73. The van der Waals surface area contributed by atoms with Crippen LogP contribution in [-0.2, 0) is 11.8 Å². The van der Waals surface area contributed by atoms with Crippen molar-refractivity contribution in [2.24, 2.45) is 7.05 Å². The standard InChI is InChI=1S/C13H11BrIN3O3/c1-18-6-7(5-16-18)11(13(20)21)17-12(19)9-4-8(15)2-3-10(9)14/h2-6,11H,1H3,(H,17,19)(H,20,21). The molecule has 1 aromatic heterocycles. The summed E-state index contributed by atoms with van der Waals surface area (Å²) >= 11 is 5.38. The SMILES string of the molecule is Cn1cc(C(NC(=O)c2cc(I)ccc2Br)C(=O)O)cn1. The number of rotatable bonds is 4. The average molecular weight is 464 g/mol. The highest BCUT2D eigenvalue weighted by atomic mass is 127. The highest BCUT2D eigenvalue weighted by Crippen LogP contribution is 2.21. The summed E-state index contributed by atoms with van der Waals surface area (Å²) in [4.78, 5) is 23.6. The van der Waals surface area contributed by atoms with Crippen molar-refractivity contribution in [2.75, 3.05) is 0 Å². The molecule has 1 aromatic carbocycles. The highest BCUT2D eigenvalue weighted by Gasteiger charge is 2.24. The van der Waals surface area contributed by atoms with Gasteiger partial charge in [0.1, 0.15) is 0 Å². The van der Waals surface area contributed by atoms with Crippen molar-refractivity contribution >= 4 is 50.4 Å².